The highest BCUT2D eigenvalue weighted by molar-refractivity contribution is 5.45. The first-order valence-corrected chi connectivity index (χ1v) is 5.63. The number of benzene rings is 1. The molecule has 82 valence electrons. The van der Waals surface area contributed by atoms with Crippen molar-refractivity contribution in [1.82, 2.24) is 9.96 Å². The summed E-state index contributed by atoms with van der Waals surface area (Å²) in [6, 6.07) is 8.10. The van der Waals surface area contributed by atoms with E-state index in [1.807, 2.05) is 12.1 Å². The Morgan fingerprint density at radius 2 is 1.80 bits per heavy atom. The molecule has 0 atom stereocenters. The van der Waals surface area contributed by atoms with E-state index in [2.05, 4.69) is 24.4 Å². The second-order valence-electron chi connectivity index (χ2n) is 4.11. The summed E-state index contributed by atoms with van der Waals surface area (Å²) in [4.78, 5) is 0. The number of hydrogen-bond acceptors (Lipinski definition) is 2. The number of piperazine rings is 1. The van der Waals surface area contributed by atoms with Gasteiger partial charge in [0.05, 0.1) is 13.1 Å². The third-order valence-electron chi connectivity index (χ3n) is 3.11. The lowest BCUT2D eigenvalue weighted by atomic mass is 10.1. The van der Waals surface area contributed by atoms with E-state index < -0.39 is 0 Å². The third-order valence-corrected chi connectivity index (χ3v) is 3.11. The van der Waals surface area contributed by atoms with Crippen molar-refractivity contribution in [2.75, 3.05) is 26.2 Å². The average molecular weight is 206 g/mol. The Labute approximate surface area is 90.9 Å². The Morgan fingerprint density at radius 3 is 2.33 bits per heavy atom. The smallest absolute Gasteiger partial charge is 0.132 e. The number of nitrogens with zero attached hydrogens (tertiary/aromatic N) is 1. The first-order chi connectivity index (χ1) is 7.24. The predicted octanol–water partition coefficient (Wildman–Crippen LogP) is 1.66. The van der Waals surface area contributed by atoms with Crippen LogP contribution in [0.3, 0.4) is 0 Å². The van der Waals surface area contributed by atoms with E-state index in [4.69, 9.17) is 0 Å². The molecule has 3 nitrogen and oxygen atoms in total. The molecule has 0 unspecified atom stereocenters. The molecule has 1 aromatic rings. The minimum absolute atomic E-state index is 0.170. The van der Waals surface area contributed by atoms with E-state index in [1.165, 1.54) is 5.56 Å². The first kappa shape index (κ1) is 10.6. The van der Waals surface area contributed by atoms with Gasteiger partial charge < -0.3 is 15.2 Å². The van der Waals surface area contributed by atoms with Crippen molar-refractivity contribution >= 4 is 5.69 Å². The molecule has 0 spiro atoms. The van der Waals surface area contributed by atoms with E-state index in [0.29, 0.717) is 13.1 Å². The summed E-state index contributed by atoms with van der Waals surface area (Å²) in [5.74, 6) is 0. The first-order valence-electron chi connectivity index (χ1n) is 5.63. The van der Waals surface area contributed by atoms with Gasteiger partial charge in [0, 0.05) is 13.1 Å². The van der Waals surface area contributed by atoms with Crippen LogP contribution in [-0.4, -0.2) is 26.2 Å². The van der Waals surface area contributed by atoms with Gasteiger partial charge in [0.15, 0.2) is 0 Å². The highest BCUT2D eigenvalue weighted by Gasteiger charge is 2.22. The molecule has 1 N–H and O–H groups in total. The molecule has 1 aliphatic heterocycles. The second kappa shape index (κ2) is 4.31. The molecule has 1 heterocycles. The minimum Gasteiger partial charge on any atom is -0.627 e. The van der Waals surface area contributed by atoms with Gasteiger partial charge in [0.1, 0.15) is 5.69 Å². The molecule has 0 bridgehead atoms. The van der Waals surface area contributed by atoms with Gasteiger partial charge in [-0.05, 0) is 24.1 Å². The molecule has 0 aliphatic carbocycles. The van der Waals surface area contributed by atoms with Crippen molar-refractivity contribution in [1.29, 1.82) is 0 Å². The Balaban J connectivity index is 2.20. The van der Waals surface area contributed by atoms with Crippen LogP contribution in [-0.2, 0) is 6.42 Å². The SMILES string of the molecule is CCc1ccc([N+]2([O-])CCNCC2)cc1. The van der Waals surface area contributed by atoms with Crippen LogP contribution in [0.4, 0.5) is 5.69 Å². The van der Waals surface area contributed by atoms with Crippen LogP contribution >= 0.6 is 0 Å². The molecule has 1 aliphatic rings. The zero-order valence-corrected chi connectivity index (χ0v) is 9.20. The van der Waals surface area contributed by atoms with Crippen molar-refractivity contribution in [2.45, 2.75) is 13.3 Å². The maximum atomic E-state index is 12.4. The zero-order chi connectivity index (χ0) is 10.7. The molecular weight excluding hydrogens is 188 g/mol. The number of hydroxylamine groups is 2. The number of nitrogens with one attached hydrogen (secondary N) is 1. The van der Waals surface area contributed by atoms with Crippen molar-refractivity contribution in [3.05, 3.63) is 35.0 Å². The van der Waals surface area contributed by atoms with Crippen LogP contribution in [0.25, 0.3) is 0 Å². The molecule has 0 radical (unpaired) electrons. The molecule has 2 rings (SSSR count). The normalized spacial score (nSPS) is 20.1. The van der Waals surface area contributed by atoms with Crippen LogP contribution < -0.4 is 9.96 Å². The molecule has 1 aromatic carbocycles. The molecule has 3 heteroatoms. The van der Waals surface area contributed by atoms with Gasteiger partial charge >= 0.3 is 0 Å². The summed E-state index contributed by atoms with van der Waals surface area (Å²) in [5.41, 5.74) is 2.19. The van der Waals surface area contributed by atoms with Crippen molar-refractivity contribution in [2.24, 2.45) is 0 Å². The van der Waals surface area contributed by atoms with Crippen LogP contribution in [0.5, 0.6) is 0 Å². The van der Waals surface area contributed by atoms with Crippen molar-refractivity contribution < 1.29 is 0 Å². The topological polar surface area (TPSA) is 35.1 Å². The number of aryl methyl sites for hydroxylation is 1. The van der Waals surface area contributed by atoms with Crippen molar-refractivity contribution in [3.63, 3.8) is 0 Å². The van der Waals surface area contributed by atoms with Gasteiger partial charge in [-0.15, -0.1) is 0 Å². The Kier molecular flexibility index (Phi) is 3.05. The molecule has 1 saturated heterocycles. The van der Waals surface area contributed by atoms with Crippen molar-refractivity contribution in [3.8, 4) is 0 Å². The largest absolute Gasteiger partial charge is 0.627 e. The highest BCUT2D eigenvalue weighted by atomic mass is 16.5. The minimum atomic E-state index is -0.170. The summed E-state index contributed by atoms with van der Waals surface area (Å²) in [7, 11) is 0. The van der Waals surface area contributed by atoms with E-state index in [1.54, 1.807) is 0 Å². The van der Waals surface area contributed by atoms with Gasteiger partial charge in [-0.3, -0.25) is 0 Å². The molecule has 0 saturated carbocycles. The predicted molar refractivity (Wildman–Crippen MR) is 63.6 cm³/mol. The number of hydrogen-bond donors (Lipinski definition) is 1. The van der Waals surface area contributed by atoms with Gasteiger partial charge in [-0.25, -0.2) is 0 Å². The number of rotatable bonds is 2. The lowest BCUT2D eigenvalue weighted by Gasteiger charge is -2.45. The maximum absolute atomic E-state index is 12.4. The van der Waals surface area contributed by atoms with E-state index >= 15 is 0 Å². The fourth-order valence-corrected chi connectivity index (χ4v) is 2.02. The van der Waals surface area contributed by atoms with Crippen LogP contribution in [0.2, 0.25) is 0 Å². The maximum Gasteiger partial charge on any atom is 0.132 e. The Hall–Kier alpha value is -0.900. The molecule has 0 aromatic heterocycles. The fraction of sp³-hybridized carbons (Fsp3) is 0.500. The molecule has 15 heavy (non-hydrogen) atoms. The third kappa shape index (κ3) is 2.20. The molecule has 1 fully saturated rings. The highest BCUT2D eigenvalue weighted by Crippen LogP contribution is 2.23. The van der Waals surface area contributed by atoms with Gasteiger partial charge in [-0.2, -0.15) is 0 Å². The Bertz CT molecular complexity index is 315. The summed E-state index contributed by atoms with van der Waals surface area (Å²) in [6.45, 7) is 5.05. The summed E-state index contributed by atoms with van der Waals surface area (Å²) in [5, 5.41) is 15.6. The van der Waals surface area contributed by atoms with Crippen LogP contribution in [0, 0.1) is 5.21 Å². The van der Waals surface area contributed by atoms with E-state index in [9.17, 15) is 5.21 Å². The van der Waals surface area contributed by atoms with Gasteiger partial charge in [-0.1, -0.05) is 19.1 Å². The Morgan fingerprint density at radius 1 is 1.20 bits per heavy atom. The zero-order valence-electron chi connectivity index (χ0n) is 9.20. The fourth-order valence-electron chi connectivity index (χ4n) is 2.02. The average Bonchev–Trinajstić information content (AvgIpc) is 2.30. The molecular formula is C12H18N2O. The van der Waals surface area contributed by atoms with Crippen LogP contribution in [0.15, 0.2) is 24.3 Å². The summed E-state index contributed by atoms with van der Waals surface area (Å²) >= 11 is 0. The lowest BCUT2D eigenvalue weighted by Crippen LogP contribution is -2.55. The number of quaternary nitrogens is 1. The standard InChI is InChI=1S/C12H18N2O/c1-2-11-3-5-12(6-4-11)14(15)9-7-13-8-10-14/h3-6,13H,2,7-10H2,1H3. The van der Waals surface area contributed by atoms with Gasteiger partial charge in [0.2, 0.25) is 0 Å². The van der Waals surface area contributed by atoms with E-state index in [-0.39, 0.29) is 4.65 Å². The second-order valence-corrected chi connectivity index (χ2v) is 4.11. The van der Waals surface area contributed by atoms with E-state index in [0.717, 1.165) is 25.2 Å². The van der Waals surface area contributed by atoms with Crippen LogP contribution in [0.1, 0.15) is 12.5 Å². The lowest BCUT2D eigenvalue weighted by molar-refractivity contribution is 0.321. The molecule has 0 amide bonds. The summed E-state index contributed by atoms with van der Waals surface area (Å²) in [6.07, 6.45) is 1.03. The van der Waals surface area contributed by atoms with Gasteiger partial charge in [0.25, 0.3) is 0 Å². The quantitative estimate of drug-likeness (QED) is 0.590. The summed E-state index contributed by atoms with van der Waals surface area (Å²) < 4.78 is -0.170. The monoisotopic (exact) mass is 206 g/mol.